The standard InChI is InChI=1S/C10H5F3N/c11-10(12,13)9-6-5-7-3-1-2-4-8(7)14-9/h1-4,6H. The number of fused-ring (bicyclic) bond motifs is 1. The van der Waals surface area contributed by atoms with E-state index in [1.807, 2.05) is 0 Å². The first-order chi connectivity index (χ1) is 6.57. The fourth-order valence-electron chi connectivity index (χ4n) is 1.15. The van der Waals surface area contributed by atoms with Crippen molar-refractivity contribution in [2.24, 2.45) is 0 Å². The summed E-state index contributed by atoms with van der Waals surface area (Å²) in [6.45, 7) is 0. The molecule has 0 amide bonds. The van der Waals surface area contributed by atoms with Gasteiger partial charge in [-0.05, 0) is 18.2 Å². The second kappa shape index (κ2) is 2.97. The minimum atomic E-state index is -4.40. The van der Waals surface area contributed by atoms with Gasteiger partial charge in [-0.1, -0.05) is 18.2 Å². The number of nitrogens with zero attached hydrogens (tertiary/aromatic N) is 1. The Kier molecular flexibility index (Phi) is 1.91. The number of para-hydroxylation sites is 1. The Morgan fingerprint density at radius 2 is 1.86 bits per heavy atom. The van der Waals surface area contributed by atoms with Crippen molar-refractivity contribution in [2.75, 3.05) is 0 Å². The molecule has 0 spiro atoms. The zero-order chi connectivity index (χ0) is 10.2. The topological polar surface area (TPSA) is 12.9 Å². The van der Waals surface area contributed by atoms with Crippen molar-refractivity contribution in [3.05, 3.63) is 42.1 Å². The molecule has 0 aliphatic rings. The van der Waals surface area contributed by atoms with Crippen LogP contribution in [0.15, 0.2) is 30.3 Å². The van der Waals surface area contributed by atoms with Crippen molar-refractivity contribution in [1.82, 2.24) is 4.98 Å². The minimum Gasteiger partial charge on any atom is -0.243 e. The molecular formula is C10H5F3N. The van der Waals surface area contributed by atoms with Crippen LogP contribution in [0.4, 0.5) is 13.2 Å². The minimum absolute atomic E-state index is 0.308. The molecule has 2 aromatic rings. The maximum absolute atomic E-state index is 12.2. The van der Waals surface area contributed by atoms with E-state index in [1.165, 1.54) is 6.07 Å². The van der Waals surface area contributed by atoms with Crippen LogP contribution in [0, 0.1) is 6.07 Å². The smallest absolute Gasteiger partial charge is 0.243 e. The quantitative estimate of drug-likeness (QED) is 0.631. The Hall–Kier alpha value is -1.58. The molecule has 1 radical (unpaired) electrons. The van der Waals surface area contributed by atoms with E-state index in [9.17, 15) is 13.2 Å². The van der Waals surface area contributed by atoms with E-state index in [1.54, 1.807) is 18.2 Å². The summed E-state index contributed by atoms with van der Waals surface area (Å²) in [5, 5.41) is 0.584. The van der Waals surface area contributed by atoms with Gasteiger partial charge in [0, 0.05) is 5.39 Å². The molecule has 0 bridgehead atoms. The van der Waals surface area contributed by atoms with Crippen molar-refractivity contribution in [1.29, 1.82) is 0 Å². The van der Waals surface area contributed by atoms with E-state index >= 15 is 0 Å². The van der Waals surface area contributed by atoms with Gasteiger partial charge >= 0.3 is 6.18 Å². The molecule has 0 atom stereocenters. The molecule has 1 aromatic carbocycles. The number of hydrogen-bond donors (Lipinski definition) is 0. The lowest BCUT2D eigenvalue weighted by Gasteiger charge is -2.05. The third-order valence-corrected chi connectivity index (χ3v) is 1.80. The molecule has 0 aliphatic heterocycles. The first kappa shape index (κ1) is 8.99. The van der Waals surface area contributed by atoms with Gasteiger partial charge in [0.05, 0.1) is 5.52 Å². The van der Waals surface area contributed by atoms with Crippen LogP contribution < -0.4 is 0 Å². The van der Waals surface area contributed by atoms with Crippen LogP contribution >= 0.6 is 0 Å². The van der Waals surface area contributed by atoms with E-state index in [-0.39, 0.29) is 0 Å². The third kappa shape index (κ3) is 1.55. The van der Waals surface area contributed by atoms with Crippen molar-refractivity contribution in [2.45, 2.75) is 6.18 Å². The van der Waals surface area contributed by atoms with Crippen molar-refractivity contribution >= 4 is 10.9 Å². The highest BCUT2D eigenvalue weighted by atomic mass is 19.4. The SMILES string of the molecule is FC(F)(F)c1c[c]c2ccccc2n1. The molecular weight excluding hydrogens is 191 g/mol. The highest BCUT2D eigenvalue weighted by Gasteiger charge is 2.32. The molecule has 0 saturated carbocycles. The number of pyridine rings is 1. The molecule has 71 valence electrons. The molecule has 0 aliphatic carbocycles. The number of aromatic nitrogens is 1. The maximum Gasteiger partial charge on any atom is 0.433 e. The van der Waals surface area contributed by atoms with E-state index in [2.05, 4.69) is 11.1 Å². The van der Waals surface area contributed by atoms with E-state index in [4.69, 9.17) is 0 Å². The van der Waals surface area contributed by atoms with Gasteiger partial charge in [0.15, 0.2) is 0 Å². The number of alkyl halides is 3. The summed E-state index contributed by atoms with van der Waals surface area (Å²) in [5.41, 5.74) is -0.599. The molecule has 2 rings (SSSR count). The lowest BCUT2D eigenvalue weighted by Crippen LogP contribution is -2.07. The summed E-state index contributed by atoms with van der Waals surface area (Å²) in [6.07, 6.45) is -4.40. The second-order valence-corrected chi connectivity index (χ2v) is 2.80. The first-order valence-corrected chi connectivity index (χ1v) is 3.92. The zero-order valence-corrected chi connectivity index (χ0v) is 6.97. The van der Waals surface area contributed by atoms with Crippen LogP contribution in [-0.2, 0) is 6.18 Å². The second-order valence-electron chi connectivity index (χ2n) is 2.80. The highest BCUT2D eigenvalue weighted by molar-refractivity contribution is 5.77. The van der Waals surface area contributed by atoms with Crippen LogP contribution in [0.3, 0.4) is 0 Å². The lowest BCUT2D eigenvalue weighted by atomic mass is 10.2. The molecule has 1 aromatic heterocycles. The number of benzene rings is 1. The van der Waals surface area contributed by atoms with Crippen molar-refractivity contribution in [3.63, 3.8) is 0 Å². The summed E-state index contributed by atoms with van der Waals surface area (Å²) in [4.78, 5) is 3.49. The first-order valence-electron chi connectivity index (χ1n) is 3.92. The summed E-state index contributed by atoms with van der Waals surface area (Å²) >= 11 is 0. The Morgan fingerprint density at radius 3 is 2.57 bits per heavy atom. The van der Waals surface area contributed by atoms with Gasteiger partial charge in [-0.25, -0.2) is 4.98 Å². The van der Waals surface area contributed by atoms with E-state index < -0.39 is 11.9 Å². The molecule has 1 nitrogen and oxygen atoms in total. The number of rotatable bonds is 0. The zero-order valence-electron chi connectivity index (χ0n) is 6.97. The van der Waals surface area contributed by atoms with Gasteiger partial charge in [-0.3, -0.25) is 0 Å². The normalized spacial score (nSPS) is 11.9. The average Bonchev–Trinajstić information content (AvgIpc) is 2.16. The van der Waals surface area contributed by atoms with Gasteiger partial charge in [-0.15, -0.1) is 0 Å². The van der Waals surface area contributed by atoms with Gasteiger partial charge < -0.3 is 0 Å². The van der Waals surface area contributed by atoms with Crippen LogP contribution in [-0.4, -0.2) is 4.98 Å². The van der Waals surface area contributed by atoms with Gasteiger partial charge in [-0.2, -0.15) is 13.2 Å². The Morgan fingerprint density at radius 1 is 1.14 bits per heavy atom. The number of halogens is 3. The molecule has 1 heterocycles. The number of hydrogen-bond acceptors (Lipinski definition) is 1. The fraction of sp³-hybridized carbons (Fsp3) is 0.100. The Labute approximate surface area is 78.2 Å². The molecule has 0 unspecified atom stereocenters. The summed E-state index contributed by atoms with van der Waals surface area (Å²) < 4.78 is 36.7. The summed E-state index contributed by atoms with van der Waals surface area (Å²) in [6, 6.07) is 9.98. The van der Waals surface area contributed by atoms with Crippen molar-refractivity contribution in [3.8, 4) is 0 Å². The lowest BCUT2D eigenvalue weighted by molar-refractivity contribution is -0.140. The Balaban J connectivity index is 2.63. The molecule has 4 heteroatoms. The van der Waals surface area contributed by atoms with E-state index in [0.717, 1.165) is 6.07 Å². The van der Waals surface area contributed by atoms with E-state index in [0.29, 0.717) is 10.9 Å². The van der Waals surface area contributed by atoms with Crippen LogP contribution in [0.1, 0.15) is 5.69 Å². The molecule has 0 saturated heterocycles. The highest BCUT2D eigenvalue weighted by Crippen LogP contribution is 2.28. The van der Waals surface area contributed by atoms with Crippen LogP contribution in [0.2, 0.25) is 0 Å². The van der Waals surface area contributed by atoms with Gasteiger partial charge in [0.2, 0.25) is 0 Å². The predicted molar refractivity (Wildman–Crippen MR) is 45.6 cm³/mol. The summed E-state index contributed by atoms with van der Waals surface area (Å²) in [7, 11) is 0. The Bertz CT molecular complexity index is 462. The van der Waals surface area contributed by atoms with Gasteiger partial charge in [0.1, 0.15) is 5.69 Å². The van der Waals surface area contributed by atoms with Crippen LogP contribution in [0.5, 0.6) is 0 Å². The molecule has 14 heavy (non-hydrogen) atoms. The predicted octanol–water partition coefficient (Wildman–Crippen LogP) is 3.05. The third-order valence-electron chi connectivity index (χ3n) is 1.80. The largest absolute Gasteiger partial charge is 0.433 e. The monoisotopic (exact) mass is 196 g/mol. The molecule has 0 N–H and O–H groups in total. The van der Waals surface area contributed by atoms with Gasteiger partial charge in [0.25, 0.3) is 0 Å². The average molecular weight is 196 g/mol. The maximum atomic E-state index is 12.2. The van der Waals surface area contributed by atoms with Crippen molar-refractivity contribution < 1.29 is 13.2 Å². The molecule has 0 fully saturated rings. The summed E-state index contributed by atoms with van der Waals surface area (Å²) in [5.74, 6) is 0. The van der Waals surface area contributed by atoms with Crippen LogP contribution in [0.25, 0.3) is 10.9 Å². The fourth-order valence-corrected chi connectivity index (χ4v) is 1.15.